The Bertz CT molecular complexity index is 385. The van der Waals surface area contributed by atoms with Crippen molar-refractivity contribution < 1.29 is 0 Å². The lowest BCUT2D eigenvalue weighted by molar-refractivity contribution is 0.406. The molecule has 110 valence electrons. The molecule has 1 unspecified atom stereocenters. The maximum absolute atomic E-state index is 4.58. The lowest BCUT2D eigenvalue weighted by atomic mass is 9.99. The van der Waals surface area contributed by atoms with Gasteiger partial charge in [0.15, 0.2) is 0 Å². The minimum atomic E-state index is 0.539. The summed E-state index contributed by atoms with van der Waals surface area (Å²) in [6.07, 6.45) is 3.44. The van der Waals surface area contributed by atoms with E-state index in [2.05, 4.69) is 65.6 Å². The first-order chi connectivity index (χ1) is 8.99. The van der Waals surface area contributed by atoms with Crippen molar-refractivity contribution in [2.75, 3.05) is 6.54 Å². The van der Waals surface area contributed by atoms with Crippen molar-refractivity contribution in [2.45, 2.75) is 66.5 Å². The molecule has 1 aromatic heterocycles. The zero-order chi connectivity index (χ0) is 14.4. The molecule has 0 aliphatic rings. The van der Waals surface area contributed by atoms with Crippen molar-refractivity contribution in [1.29, 1.82) is 0 Å². The summed E-state index contributed by atoms with van der Waals surface area (Å²) < 4.78 is 3.31. The number of nitrogens with one attached hydrogen (secondary N) is 1. The molecule has 0 spiro atoms. The Morgan fingerprint density at radius 2 is 2.00 bits per heavy atom. The molecule has 0 aliphatic heterocycles. The maximum Gasteiger partial charge on any atom is 0.0738 e. The normalized spacial score (nSPS) is 13.2. The van der Waals surface area contributed by atoms with Crippen molar-refractivity contribution >= 4 is 15.9 Å². The van der Waals surface area contributed by atoms with Gasteiger partial charge < -0.3 is 5.32 Å². The molecule has 0 fully saturated rings. The third-order valence-electron chi connectivity index (χ3n) is 3.33. The number of hydrogen-bond acceptors (Lipinski definition) is 2. The lowest BCUT2D eigenvalue weighted by Gasteiger charge is -2.21. The monoisotopic (exact) mass is 329 g/mol. The molecule has 1 atom stereocenters. The van der Waals surface area contributed by atoms with Crippen LogP contribution in [-0.2, 0) is 13.0 Å². The molecule has 1 aromatic rings. The highest BCUT2D eigenvalue weighted by Gasteiger charge is 2.18. The van der Waals surface area contributed by atoms with Crippen LogP contribution in [0.1, 0.15) is 51.9 Å². The van der Waals surface area contributed by atoms with Gasteiger partial charge in [-0.1, -0.05) is 20.8 Å². The van der Waals surface area contributed by atoms with Gasteiger partial charge in [-0.3, -0.25) is 4.68 Å². The van der Waals surface area contributed by atoms with Crippen LogP contribution in [0, 0.1) is 12.8 Å². The van der Waals surface area contributed by atoms with Crippen molar-refractivity contribution in [2.24, 2.45) is 5.92 Å². The Labute approximate surface area is 126 Å². The van der Waals surface area contributed by atoms with Gasteiger partial charge in [-0.05, 0) is 55.1 Å². The van der Waals surface area contributed by atoms with E-state index in [0.717, 1.165) is 25.2 Å². The second kappa shape index (κ2) is 8.05. The predicted octanol–water partition coefficient (Wildman–Crippen LogP) is 3.93. The number of halogens is 1. The molecule has 0 saturated carbocycles. The van der Waals surface area contributed by atoms with Gasteiger partial charge in [0.05, 0.1) is 15.9 Å². The fourth-order valence-electron chi connectivity index (χ4n) is 2.45. The van der Waals surface area contributed by atoms with Crippen LogP contribution >= 0.6 is 15.9 Å². The highest BCUT2D eigenvalue weighted by Crippen LogP contribution is 2.23. The predicted molar refractivity (Wildman–Crippen MR) is 85.6 cm³/mol. The zero-order valence-electron chi connectivity index (χ0n) is 13.0. The van der Waals surface area contributed by atoms with Crippen molar-refractivity contribution in [3.8, 4) is 0 Å². The van der Waals surface area contributed by atoms with Crippen molar-refractivity contribution in [3.63, 3.8) is 0 Å². The standard InChI is InChI=1S/C15H28BrN3/c1-6-8-17-13(9-11(3)4)10-14-15(16)12(5)18-19(14)7-2/h11,13,17H,6-10H2,1-5H3. The van der Waals surface area contributed by atoms with E-state index in [4.69, 9.17) is 0 Å². The largest absolute Gasteiger partial charge is 0.314 e. The molecular weight excluding hydrogens is 302 g/mol. The second-order valence-corrected chi connectivity index (χ2v) is 6.44. The van der Waals surface area contributed by atoms with Gasteiger partial charge in [0.1, 0.15) is 0 Å². The van der Waals surface area contributed by atoms with Gasteiger partial charge in [0.25, 0.3) is 0 Å². The summed E-state index contributed by atoms with van der Waals surface area (Å²) in [7, 11) is 0. The van der Waals surface area contributed by atoms with Gasteiger partial charge in [0.2, 0.25) is 0 Å². The molecule has 0 aliphatic carbocycles. The average molecular weight is 330 g/mol. The van der Waals surface area contributed by atoms with E-state index in [0.29, 0.717) is 12.0 Å². The molecule has 0 amide bonds. The van der Waals surface area contributed by atoms with Crippen LogP contribution in [0.15, 0.2) is 4.47 Å². The van der Waals surface area contributed by atoms with Gasteiger partial charge >= 0.3 is 0 Å². The molecule has 3 nitrogen and oxygen atoms in total. The quantitative estimate of drug-likeness (QED) is 0.783. The fourth-order valence-corrected chi connectivity index (χ4v) is 2.90. The SMILES string of the molecule is CCCNC(Cc1c(Br)c(C)nn1CC)CC(C)C. The highest BCUT2D eigenvalue weighted by molar-refractivity contribution is 9.10. The van der Waals surface area contributed by atoms with E-state index in [1.807, 2.05) is 0 Å². The number of rotatable bonds is 8. The summed E-state index contributed by atoms with van der Waals surface area (Å²) in [5, 5.41) is 8.26. The summed E-state index contributed by atoms with van der Waals surface area (Å²) in [6, 6.07) is 0.539. The van der Waals surface area contributed by atoms with Gasteiger partial charge in [-0.25, -0.2) is 0 Å². The van der Waals surface area contributed by atoms with Crippen LogP contribution in [0.25, 0.3) is 0 Å². The van der Waals surface area contributed by atoms with E-state index in [9.17, 15) is 0 Å². The third kappa shape index (κ3) is 4.92. The number of aryl methyl sites for hydroxylation is 2. The Balaban J connectivity index is 2.82. The number of hydrogen-bond donors (Lipinski definition) is 1. The van der Waals surface area contributed by atoms with Gasteiger partial charge in [-0.15, -0.1) is 0 Å². The zero-order valence-corrected chi connectivity index (χ0v) is 14.5. The summed E-state index contributed by atoms with van der Waals surface area (Å²) in [5.41, 5.74) is 2.42. The summed E-state index contributed by atoms with van der Waals surface area (Å²) in [4.78, 5) is 0. The first kappa shape index (κ1) is 16.7. The Kier molecular flexibility index (Phi) is 7.08. The third-order valence-corrected chi connectivity index (χ3v) is 4.36. The van der Waals surface area contributed by atoms with Crippen molar-refractivity contribution in [3.05, 3.63) is 15.9 Å². The van der Waals surface area contributed by atoms with E-state index in [1.54, 1.807) is 0 Å². The summed E-state index contributed by atoms with van der Waals surface area (Å²) >= 11 is 3.69. The van der Waals surface area contributed by atoms with Crippen molar-refractivity contribution in [1.82, 2.24) is 15.1 Å². The van der Waals surface area contributed by atoms with Crippen LogP contribution in [0.5, 0.6) is 0 Å². The Hall–Kier alpha value is -0.350. The first-order valence-electron chi connectivity index (χ1n) is 7.44. The maximum atomic E-state index is 4.58. The summed E-state index contributed by atoms with van der Waals surface area (Å²) in [6.45, 7) is 13.0. The molecule has 4 heteroatoms. The first-order valence-corrected chi connectivity index (χ1v) is 8.23. The molecule has 0 bridgehead atoms. The van der Waals surface area contributed by atoms with E-state index < -0.39 is 0 Å². The smallest absolute Gasteiger partial charge is 0.0738 e. The van der Waals surface area contributed by atoms with E-state index in [-0.39, 0.29) is 0 Å². The summed E-state index contributed by atoms with van der Waals surface area (Å²) in [5.74, 6) is 0.715. The van der Waals surface area contributed by atoms with Crippen LogP contribution in [0.3, 0.4) is 0 Å². The van der Waals surface area contributed by atoms with E-state index >= 15 is 0 Å². The Morgan fingerprint density at radius 1 is 1.32 bits per heavy atom. The number of nitrogens with zero attached hydrogens (tertiary/aromatic N) is 2. The van der Waals surface area contributed by atoms with Gasteiger partial charge in [0, 0.05) is 19.0 Å². The minimum Gasteiger partial charge on any atom is -0.314 e. The molecule has 0 saturated heterocycles. The number of aromatic nitrogens is 2. The molecule has 19 heavy (non-hydrogen) atoms. The topological polar surface area (TPSA) is 29.9 Å². The minimum absolute atomic E-state index is 0.539. The molecule has 1 heterocycles. The molecule has 1 N–H and O–H groups in total. The van der Waals surface area contributed by atoms with Crippen LogP contribution in [0.2, 0.25) is 0 Å². The lowest BCUT2D eigenvalue weighted by Crippen LogP contribution is -2.34. The molecule has 0 aromatic carbocycles. The van der Waals surface area contributed by atoms with Crippen LogP contribution in [-0.4, -0.2) is 22.4 Å². The molecule has 1 rings (SSSR count). The average Bonchev–Trinajstić information content (AvgIpc) is 2.63. The van der Waals surface area contributed by atoms with Crippen LogP contribution < -0.4 is 5.32 Å². The van der Waals surface area contributed by atoms with Gasteiger partial charge in [-0.2, -0.15) is 5.10 Å². The van der Waals surface area contributed by atoms with E-state index in [1.165, 1.54) is 23.0 Å². The molecule has 0 radical (unpaired) electrons. The Morgan fingerprint density at radius 3 is 2.53 bits per heavy atom. The highest BCUT2D eigenvalue weighted by atomic mass is 79.9. The fraction of sp³-hybridized carbons (Fsp3) is 0.800. The van der Waals surface area contributed by atoms with Crippen LogP contribution in [0.4, 0.5) is 0 Å². The second-order valence-electron chi connectivity index (χ2n) is 5.65. The molecular formula is C15H28BrN3.